The smallest absolute Gasteiger partial charge is 0.307 e. The van der Waals surface area contributed by atoms with Crippen LogP contribution in [-0.2, 0) is 16.1 Å². The minimum atomic E-state index is -0.255. The van der Waals surface area contributed by atoms with Gasteiger partial charge < -0.3 is 4.74 Å². The van der Waals surface area contributed by atoms with Crippen molar-refractivity contribution < 1.29 is 9.53 Å². The Labute approximate surface area is 145 Å². The van der Waals surface area contributed by atoms with Gasteiger partial charge in [0.2, 0.25) is 0 Å². The molecule has 0 spiro atoms. The lowest BCUT2D eigenvalue weighted by Crippen LogP contribution is -2.23. The molecule has 2 aromatic heterocycles. The number of thiophene rings is 1. The number of allylic oxidation sites excluding steroid dienone is 2. The summed E-state index contributed by atoms with van der Waals surface area (Å²) in [6.45, 7) is 4.70. The van der Waals surface area contributed by atoms with E-state index in [1.807, 2.05) is 13.8 Å². The van der Waals surface area contributed by atoms with E-state index in [0.29, 0.717) is 24.5 Å². The number of aryl methyl sites for hydroxylation is 3. The van der Waals surface area contributed by atoms with Gasteiger partial charge in [-0.1, -0.05) is 12.2 Å². The van der Waals surface area contributed by atoms with Gasteiger partial charge >= 0.3 is 5.97 Å². The highest BCUT2D eigenvalue weighted by atomic mass is 32.1. The molecular formula is C18H22N2O3S. The molecule has 5 nitrogen and oxygen atoms in total. The normalized spacial score (nSPS) is 17.3. The van der Waals surface area contributed by atoms with Gasteiger partial charge in [0, 0.05) is 11.4 Å². The summed E-state index contributed by atoms with van der Waals surface area (Å²) in [4.78, 5) is 30.7. The third-order valence-corrected chi connectivity index (χ3v) is 5.69. The van der Waals surface area contributed by atoms with Crippen LogP contribution in [0.5, 0.6) is 0 Å². The molecule has 0 aromatic carbocycles. The largest absolute Gasteiger partial charge is 0.465 e. The van der Waals surface area contributed by atoms with Gasteiger partial charge in [-0.2, -0.15) is 0 Å². The summed E-state index contributed by atoms with van der Waals surface area (Å²) < 4.78 is 6.86. The van der Waals surface area contributed by atoms with Gasteiger partial charge in [0.25, 0.3) is 5.56 Å². The Bertz CT molecular complexity index is 835. The van der Waals surface area contributed by atoms with Gasteiger partial charge in [-0.3, -0.25) is 14.2 Å². The summed E-state index contributed by atoms with van der Waals surface area (Å²) in [5, 5.41) is 0.669. The Morgan fingerprint density at radius 3 is 3.00 bits per heavy atom. The molecule has 2 heterocycles. The number of carbonyl (C=O) groups excluding carboxylic acids is 1. The number of nitrogens with zero attached hydrogens (tertiary/aromatic N) is 2. The molecule has 0 aliphatic heterocycles. The van der Waals surface area contributed by atoms with Crippen LogP contribution in [0.15, 0.2) is 23.3 Å². The first-order valence-corrected chi connectivity index (χ1v) is 9.13. The fourth-order valence-corrected chi connectivity index (χ4v) is 3.92. The molecule has 1 unspecified atom stereocenters. The number of hydrogen-bond donors (Lipinski definition) is 0. The van der Waals surface area contributed by atoms with Crippen molar-refractivity contribution in [2.75, 3.05) is 6.61 Å². The average molecular weight is 346 g/mol. The highest BCUT2D eigenvalue weighted by Gasteiger charge is 2.15. The van der Waals surface area contributed by atoms with Crippen LogP contribution in [0.3, 0.4) is 0 Å². The molecule has 0 saturated carbocycles. The highest BCUT2D eigenvalue weighted by molar-refractivity contribution is 7.18. The zero-order chi connectivity index (χ0) is 17.1. The van der Waals surface area contributed by atoms with Crippen LogP contribution in [0.25, 0.3) is 10.2 Å². The molecule has 0 fully saturated rings. The number of ether oxygens (including phenoxy) is 1. The second kappa shape index (κ2) is 7.30. The summed E-state index contributed by atoms with van der Waals surface area (Å²) >= 11 is 1.53. The first-order valence-electron chi connectivity index (χ1n) is 8.32. The maximum atomic E-state index is 12.6. The first kappa shape index (κ1) is 16.9. The van der Waals surface area contributed by atoms with Gasteiger partial charge in [0.05, 0.1) is 24.7 Å². The zero-order valence-electron chi connectivity index (χ0n) is 14.1. The van der Waals surface area contributed by atoms with Crippen LogP contribution in [0.4, 0.5) is 0 Å². The molecule has 0 N–H and O–H groups in total. The van der Waals surface area contributed by atoms with E-state index in [4.69, 9.17) is 4.74 Å². The third-order valence-electron chi connectivity index (χ3n) is 4.57. The summed E-state index contributed by atoms with van der Waals surface area (Å²) in [6.07, 6.45) is 9.14. The van der Waals surface area contributed by atoms with Crippen LogP contribution in [-0.4, -0.2) is 22.1 Å². The second-order valence-electron chi connectivity index (χ2n) is 6.29. The topological polar surface area (TPSA) is 61.2 Å². The van der Waals surface area contributed by atoms with Crippen LogP contribution >= 0.6 is 11.3 Å². The van der Waals surface area contributed by atoms with E-state index in [0.717, 1.165) is 34.5 Å². The Kier molecular flexibility index (Phi) is 5.14. The molecule has 1 aliphatic rings. The van der Waals surface area contributed by atoms with E-state index >= 15 is 0 Å². The zero-order valence-corrected chi connectivity index (χ0v) is 14.9. The summed E-state index contributed by atoms with van der Waals surface area (Å²) in [6, 6.07) is 0. The fourth-order valence-electron chi connectivity index (χ4n) is 2.93. The Hall–Kier alpha value is -1.95. The highest BCUT2D eigenvalue weighted by Crippen LogP contribution is 2.25. The van der Waals surface area contributed by atoms with E-state index in [9.17, 15) is 9.59 Å². The molecule has 24 heavy (non-hydrogen) atoms. The molecule has 128 valence electrons. The van der Waals surface area contributed by atoms with Gasteiger partial charge in [-0.15, -0.1) is 11.3 Å². The van der Waals surface area contributed by atoms with Crippen molar-refractivity contribution >= 4 is 27.5 Å². The molecular weight excluding hydrogens is 324 g/mol. The van der Waals surface area contributed by atoms with Crippen molar-refractivity contribution in [1.82, 2.24) is 9.55 Å². The lowest BCUT2D eigenvalue weighted by atomic mass is 9.95. The van der Waals surface area contributed by atoms with Crippen LogP contribution in [0, 0.1) is 19.8 Å². The summed E-state index contributed by atoms with van der Waals surface area (Å²) in [5.41, 5.74) is 0.904. The Balaban J connectivity index is 1.60. The maximum absolute atomic E-state index is 12.6. The monoisotopic (exact) mass is 346 g/mol. The number of carbonyl (C=O) groups is 1. The maximum Gasteiger partial charge on any atom is 0.307 e. The van der Waals surface area contributed by atoms with Crippen molar-refractivity contribution in [2.45, 2.75) is 46.1 Å². The van der Waals surface area contributed by atoms with Gasteiger partial charge in [0.15, 0.2) is 0 Å². The lowest BCUT2D eigenvalue weighted by Gasteiger charge is -2.17. The Morgan fingerprint density at radius 2 is 2.25 bits per heavy atom. The van der Waals surface area contributed by atoms with Crippen molar-refractivity contribution in [3.05, 3.63) is 39.3 Å². The van der Waals surface area contributed by atoms with Gasteiger partial charge in [-0.25, -0.2) is 4.98 Å². The van der Waals surface area contributed by atoms with E-state index in [-0.39, 0.29) is 17.9 Å². The number of aromatic nitrogens is 2. The number of fused-ring (bicyclic) bond motifs is 1. The average Bonchev–Trinajstić information content (AvgIpc) is 2.88. The quantitative estimate of drug-likeness (QED) is 0.615. The number of rotatable bonds is 5. The van der Waals surface area contributed by atoms with Crippen LogP contribution in [0.1, 0.15) is 36.1 Å². The van der Waals surface area contributed by atoms with E-state index < -0.39 is 0 Å². The predicted molar refractivity (Wildman–Crippen MR) is 95.4 cm³/mol. The van der Waals surface area contributed by atoms with Crippen molar-refractivity contribution in [3.8, 4) is 0 Å². The Morgan fingerprint density at radius 1 is 1.42 bits per heavy atom. The minimum Gasteiger partial charge on any atom is -0.465 e. The standard InChI is InChI=1S/C18H22N2O3S/c1-12-13(2)24-17-16(12)18(22)20(11-19-17)9-8-15(21)23-10-14-6-4-3-5-7-14/h3-4,11,14H,5-10H2,1-2H3. The predicted octanol–water partition coefficient (Wildman–Crippen LogP) is 3.36. The van der Waals surface area contributed by atoms with Crippen LogP contribution < -0.4 is 5.56 Å². The van der Waals surface area contributed by atoms with Crippen molar-refractivity contribution in [1.29, 1.82) is 0 Å². The molecule has 3 rings (SSSR count). The molecule has 0 amide bonds. The molecule has 1 aliphatic carbocycles. The SMILES string of the molecule is Cc1sc2ncn(CCC(=O)OCC3CC=CCC3)c(=O)c2c1C. The third kappa shape index (κ3) is 3.59. The minimum absolute atomic E-state index is 0.0768. The summed E-state index contributed by atoms with van der Waals surface area (Å²) in [5.74, 6) is 0.172. The lowest BCUT2D eigenvalue weighted by molar-refractivity contribution is -0.145. The van der Waals surface area contributed by atoms with Crippen LogP contribution in [0.2, 0.25) is 0 Å². The van der Waals surface area contributed by atoms with E-state index in [1.54, 1.807) is 0 Å². The van der Waals surface area contributed by atoms with Gasteiger partial charge in [-0.05, 0) is 44.6 Å². The molecule has 0 saturated heterocycles. The second-order valence-corrected chi connectivity index (χ2v) is 7.49. The molecule has 6 heteroatoms. The van der Waals surface area contributed by atoms with Crippen molar-refractivity contribution in [3.63, 3.8) is 0 Å². The van der Waals surface area contributed by atoms with Gasteiger partial charge in [0.1, 0.15) is 4.83 Å². The fraction of sp³-hybridized carbons (Fsp3) is 0.500. The molecule has 0 radical (unpaired) electrons. The molecule has 0 bridgehead atoms. The number of hydrogen-bond acceptors (Lipinski definition) is 5. The number of esters is 1. The molecule has 1 atom stereocenters. The summed E-state index contributed by atoms with van der Waals surface area (Å²) in [7, 11) is 0. The molecule has 2 aromatic rings. The first-order chi connectivity index (χ1) is 11.6. The van der Waals surface area contributed by atoms with E-state index in [1.165, 1.54) is 22.2 Å². The van der Waals surface area contributed by atoms with Crippen molar-refractivity contribution in [2.24, 2.45) is 5.92 Å². The van der Waals surface area contributed by atoms with E-state index in [2.05, 4.69) is 17.1 Å².